The normalized spacial score (nSPS) is 15.8. The summed E-state index contributed by atoms with van der Waals surface area (Å²) >= 11 is 0. The van der Waals surface area contributed by atoms with Crippen molar-refractivity contribution in [2.24, 2.45) is 5.73 Å². The number of hydrogen-bond donors (Lipinski definition) is 3. The molecular weight excluding hydrogens is 559 g/mol. The lowest BCUT2D eigenvalue weighted by atomic mass is 10.0. The van der Waals surface area contributed by atoms with E-state index >= 15 is 0 Å². The molecule has 0 atom stereocenters. The van der Waals surface area contributed by atoms with Gasteiger partial charge in [0, 0.05) is 60.5 Å². The van der Waals surface area contributed by atoms with Gasteiger partial charge in [0.2, 0.25) is 0 Å². The molecule has 0 aliphatic carbocycles. The smallest absolute Gasteiger partial charge is 0.155 e. The molecule has 5 aromatic heterocycles. The lowest BCUT2D eigenvalue weighted by Gasteiger charge is -2.37. The first-order chi connectivity index (χ1) is 21.6. The van der Waals surface area contributed by atoms with Crippen LogP contribution in [-0.4, -0.2) is 85.4 Å². The van der Waals surface area contributed by atoms with Gasteiger partial charge in [-0.2, -0.15) is 5.10 Å². The van der Waals surface area contributed by atoms with E-state index < -0.39 is 0 Å². The Morgan fingerprint density at radius 2 is 1.84 bits per heavy atom. The summed E-state index contributed by atoms with van der Waals surface area (Å²) in [6.07, 6.45) is 9.42. The number of rotatable bonds is 8. The van der Waals surface area contributed by atoms with Crippen LogP contribution in [0.4, 0.5) is 10.2 Å². The van der Waals surface area contributed by atoms with E-state index in [1.165, 1.54) is 25.0 Å². The van der Waals surface area contributed by atoms with Crippen molar-refractivity contribution in [1.29, 1.82) is 0 Å². The predicted octanol–water partition coefficient (Wildman–Crippen LogP) is 4.39. The summed E-state index contributed by atoms with van der Waals surface area (Å²) in [5.74, 6) is 0.963. The molecule has 12 heteroatoms. The number of likely N-dealkylation sites (tertiary alicyclic amines) is 1. The fourth-order valence-corrected chi connectivity index (χ4v) is 6.10. The molecule has 7 heterocycles. The predicted molar refractivity (Wildman–Crippen MR) is 167 cm³/mol. The van der Waals surface area contributed by atoms with Gasteiger partial charge in [-0.3, -0.25) is 15.0 Å². The monoisotopic (exact) mass is 590 g/mol. The lowest BCUT2D eigenvalue weighted by Crippen LogP contribution is -2.56. The first kappa shape index (κ1) is 26.7. The number of nitrogens with two attached hydrogens (primary N) is 1. The quantitative estimate of drug-likeness (QED) is 0.236. The summed E-state index contributed by atoms with van der Waals surface area (Å²) in [5.41, 5.74) is 11.8. The highest BCUT2D eigenvalue weighted by Crippen LogP contribution is 2.35. The molecule has 0 radical (unpaired) electrons. The van der Waals surface area contributed by atoms with Crippen LogP contribution in [0.15, 0.2) is 61.2 Å². The van der Waals surface area contributed by atoms with Crippen LogP contribution in [-0.2, 0) is 0 Å². The number of aromatic nitrogens is 7. The van der Waals surface area contributed by atoms with Crippen LogP contribution in [0.3, 0.4) is 0 Å². The maximum Gasteiger partial charge on any atom is 0.155 e. The summed E-state index contributed by atoms with van der Waals surface area (Å²) in [7, 11) is 0. The van der Waals surface area contributed by atoms with Crippen molar-refractivity contribution in [3.8, 4) is 39.5 Å². The first-order valence-corrected chi connectivity index (χ1v) is 14.9. The Morgan fingerprint density at radius 3 is 2.70 bits per heavy atom. The van der Waals surface area contributed by atoms with E-state index in [4.69, 9.17) is 15.5 Å². The highest BCUT2D eigenvalue weighted by molar-refractivity contribution is 5.99. The average molecular weight is 591 g/mol. The zero-order chi connectivity index (χ0) is 29.6. The van der Waals surface area contributed by atoms with E-state index in [2.05, 4.69) is 39.9 Å². The molecule has 6 aromatic rings. The van der Waals surface area contributed by atoms with Gasteiger partial charge in [0.05, 0.1) is 23.8 Å². The minimum Gasteiger partial charge on any atom is -0.492 e. The molecular formula is C32H31FN10O. The fourth-order valence-electron chi connectivity index (χ4n) is 6.10. The van der Waals surface area contributed by atoms with Crippen LogP contribution >= 0.6 is 0 Å². The zero-order valence-corrected chi connectivity index (χ0v) is 24.0. The Morgan fingerprint density at radius 1 is 0.955 bits per heavy atom. The molecule has 0 saturated carbocycles. The molecule has 2 aliphatic rings. The van der Waals surface area contributed by atoms with Crippen LogP contribution < -0.4 is 15.4 Å². The molecule has 2 fully saturated rings. The SMILES string of the molecule is NC1CN(c2cncc(-c3cnc4[nH]nc(-c5cc6c(-c7cc(F)cc(OCCN8CCCC8)c7)ccnc6[nH]5)c4c3)n2)C1. The largest absolute Gasteiger partial charge is 0.492 e. The number of ether oxygens (including phenoxy) is 1. The molecule has 4 N–H and O–H groups in total. The van der Waals surface area contributed by atoms with Crippen molar-refractivity contribution in [3.05, 3.63) is 67.0 Å². The molecule has 8 rings (SSSR count). The fraction of sp³-hybridized carbons (Fsp3) is 0.281. The molecule has 0 unspecified atom stereocenters. The Bertz CT molecular complexity index is 1980. The number of anilines is 1. The summed E-state index contributed by atoms with van der Waals surface area (Å²) in [5, 5.41) is 9.29. The third-order valence-electron chi connectivity index (χ3n) is 8.41. The van der Waals surface area contributed by atoms with Gasteiger partial charge in [-0.05, 0) is 67.4 Å². The maximum atomic E-state index is 14.8. The first-order valence-electron chi connectivity index (χ1n) is 14.9. The Hall–Kier alpha value is -4.94. The lowest BCUT2D eigenvalue weighted by molar-refractivity contribution is 0.237. The van der Waals surface area contributed by atoms with Crippen LogP contribution in [0.2, 0.25) is 0 Å². The number of halogens is 1. The van der Waals surface area contributed by atoms with Crippen molar-refractivity contribution in [3.63, 3.8) is 0 Å². The van der Waals surface area contributed by atoms with E-state index in [1.54, 1.807) is 24.8 Å². The molecule has 0 bridgehead atoms. The number of pyridine rings is 2. The van der Waals surface area contributed by atoms with Gasteiger partial charge in [0.25, 0.3) is 0 Å². The second kappa shape index (κ2) is 11.0. The standard InChI is InChI=1S/C32H31FN10O/c33-21-9-19(10-23(12-21)44-8-7-42-5-1-2-6-42)24-3-4-36-31-25(24)13-27(39-31)30-26-11-20(14-37-32(26)41-40-30)28-15-35-16-29(38-28)43-17-22(34)18-43/h3-4,9-16,22H,1-2,5-8,17-18,34H2,(H,36,39)(H,37,40,41). The highest BCUT2D eigenvalue weighted by atomic mass is 19.1. The van der Waals surface area contributed by atoms with Crippen molar-refractivity contribution in [1.82, 2.24) is 40.0 Å². The summed E-state index contributed by atoms with van der Waals surface area (Å²) in [6.45, 7) is 5.09. The number of benzene rings is 1. The van der Waals surface area contributed by atoms with Crippen molar-refractivity contribution < 1.29 is 9.13 Å². The van der Waals surface area contributed by atoms with E-state index in [9.17, 15) is 4.39 Å². The second-order valence-corrected chi connectivity index (χ2v) is 11.5. The minimum absolute atomic E-state index is 0.166. The van der Waals surface area contributed by atoms with Crippen molar-refractivity contribution >= 4 is 27.9 Å². The van der Waals surface area contributed by atoms with Crippen LogP contribution in [0, 0.1) is 5.82 Å². The molecule has 2 saturated heterocycles. The number of nitrogens with one attached hydrogen (secondary N) is 2. The topological polar surface area (TPSA) is 138 Å². The molecule has 0 amide bonds. The van der Waals surface area contributed by atoms with Crippen LogP contribution in [0.5, 0.6) is 5.75 Å². The van der Waals surface area contributed by atoms with Gasteiger partial charge in [-0.15, -0.1) is 0 Å². The van der Waals surface area contributed by atoms with Gasteiger partial charge in [0.15, 0.2) is 5.65 Å². The van der Waals surface area contributed by atoms with Gasteiger partial charge in [0.1, 0.15) is 35.3 Å². The number of fused-ring (bicyclic) bond motifs is 2. The van der Waals surface area contributed by atoms with Crippen LogP contribution in [0.25, 0.3) is 55.8 Å². The molecule has 2 aliphatic heterocycles. The second-order valence-electron chi connectivity index (χ2n) is 11.5. The Kier molecular flexibility index (Phi) is 6.64. The minimum atomic E-state index is -0.347. The van der Waals surface area contributed by atoms with Crippen molar-refractivity contribution in [2.75, 3.05) is 44.2 Å². The molecule has 11 nitrogen and oxygen atoms in total. The van der Waals surface area contributed by atoms with E-state index in [0.717, 1.165) is 77.4 Å². The van der Waals surface area contributed by atoms with E-state index in [0.29, 0.717) is 29.3 Å². The number of hydrogen-bond acceptors (Lipinski definition) is 9. The maximum absolute atomic E-state index is 14.8. The molecule has 44 heavy (non-hydrogen) atoms. The third kappa shape index (κ3) is 5.01. The Balaban J connectivity index is 1.11. The number of nitrogens with zero attached hydrogens (tertiary/aromatic N) is 7. The molecule has 1 aromatic carbocycles. The van der Waals surface area contributed by atoms with Gasteiger partial charge in [-0.25, -0.2) is 19.3 Å². The van der Waals surface area contributed by atoms with Crippen LogP contribution in [0.1, 0.15) is 12.8 Å². The van der Waals surface area contributed by atoms with Crippen molar-refractivity contribution in [2.45, 2.75) is 18.9 Å². The zero-order valence-electron chi connectivity index (χ0n) is 24.0. The van der Waals surface area contributed by atoms with Gasteiger partial charge in [-0.1, -0.05) is 0 Å². The molecule has 0 spiro atoms. The summed E-state index contributed by atoms with van der Waals surface area (Å²) in [4.78, 5) is 26.2. The molecule has 222 valence electrons. The average Bonchev–Trinajstić information content (AvgIpc) is 3.78. The van der Waals surface area contributed by atoms with E-state index in [1.807, 2.05) is 24.3 Å². The summed E-state index contributed by atoms with van der Waals surface area (Å²) in [6, 6.07) is 10.9. The Labute approximate surface area is 252 Å². The van der Waals surface area contributed by atoms with E-state index in [-0.39, 0.29) is 11.9 Å². The third-order valence-corrected chi connectivity index (χ3v) is 8.41. The number of aromatic amines is 2. The highest BCUT2D eigenvalue weighted by Gasteiger charge is 2.25. The summed E-state index contributed by atoms with van der Waals surface area (Å²) < 4.78 is 20.8. The van der Waals surface area contributed by atoms with Gasteiger partial charge < -0.3 is 20.4 Å². The number of H-pyrrole nitrogens is 2. The van der Waals surface area contributed by atoms with Gasteiger partial charge >= 0.3 is 0 Å².